The van der Waals surface area contributed by atoms with E-state index in [4.69, 9.17) is 16.3 Å². The van der Waals surface area contributed by atoms with Crippen LogP contribution in [0, 0.1) is 11.3 Å². The van der Waals surface area contributed by atoms with Gasteiger partial charge in [0.05, 0.1) is 17.1 Å². The van der Waals surface area contributed by atoms with E-state index in [1.165, 1.54) is 0 Å². The van der Waals surface area contributed by atoms with Crippen molar-refractivity contribution in [2.45, 2.75) is 25.6 Å². The number of anilines is 1. The summed E-state index contributed by atoms with van der Waals surface area (Å²) in [4.78, 5) is 13.6. The minimum Gasteiger partial charge on any atom is -0.491 e. The Labute approximate surface area is 174 Å². The van der Waals surface area contributed by atoms with Crippen LogP contribution in [0.2, 0.25) is 5.15 Å². The first-order chi connectivity index (χ1) is 14.1. The predicted molar refractivity (Wildman–Crippen MR) is 112 cm³/mol. The van der Waals surface area contributed by atoms with Crippen LogP contribution >= 0.6 is 11.6 Å². The third kappa shape index (κ3) is 3.17. The topological polar surface area (TPSA) is 65.3 Å². The molecule has 7 heteroatoms. The summed E-state index contributed by atoms with van der Waals surface area (Å²) < 4.78 is 6.11. The quantitative estimate of drug-likeness (QED) is 0.576. The zero-order chi connectivity index (χ0) is 20.0. The van der Waals surface area contributed by atoms with Gasteiger partial charge < -0.3 is 9.64 Å². The molecule has 6 nitrogen and oxygen atoms in total. The highest BCUT2D eigenvalue weighted by atomic mass is 35.5. The van der Waals surface area contributed by atoms with E-state index in [0.29, 0.717) is 23.4 Å². The Bertz CT molecular complexity index is 1130. The maximum Gasteiger partial charge on any atom is 0.132 e. The van der Waals surface area contributed by atoms with Crippen molar-refractivity contribution in [2.24, 2.45) is 0 Å². The van der Waals surface area contributed by atoms with Crippen molar-refractivity contribution >= 4 is 28.2 Å². The Morgan fingerprint density at radius 3 is 3.00 bits per heavy atom. The van der Waals surface area contributed by atoms with E-state index in [0.717, 1.165) is 47.5 Å². The molecule has 29 heavy (non-hydrogen) atoms. The van der Waals surface area contributed by atoms with E-state index in [1.807, 2.05) is 30.5 Å². The van der Waals surface area contributed by atoms with Crippen LogP contribution in [-0.2, 0) is 6.54 Å². The second kappa shape index (κ2) is 7.18. The van der Waals surface area contributed by atoms with E-state index >= 15 is 0 Å². The lowest BCUT2D eigenvalue weighted by Gasteiger charge is -2.45. The molecule has 0 unspecified atom stereocenters. The second-order valence-corrected chi connectivity index (χ2v) is 8.04. The fourth-order valence-electron chi connectivity index (χ4n) is 4.45. The molecule has 1 aromatic carbocycles. The minimum atomic E-state index is 0.243. The molecule has 1 fully saturated rings. The summed E-state index contributed by atoms with van der Waals surface area (Å²) in [5.41, 5.74) is 3.55. The largest absolute Gasteiger partial charge is 0.491 e. The van der Waals surface area contributed by atoms with Crippen LogP contribution in [0.25, 0.3) is 10.9 Å². The van der Waals surface area contributed by atoms with Gasteiger partial charge in [-0.05, 0) is 31.2 Å². The summed E-state index contributed by atoms with van der Waals surface area (Å²) in [5.74, 6) is 0.825. The van der Waals surface area contributed by atoms with Crippen LogP contribution in [0.5, 0.6) is 5.75 Å². The van der Waals surface area contributed by atoms with Crippen LogP contribution in [0.3, 0.4) is 0 Å². The highest BCUT2D eigenvalue weighted by molar-refractivity contribution is 6.29. The van der Waals surface area contributed by atoms with Gasteiger partial charge in [0.2, 0.25) is 0 Å². The molecule has 146 valence electrons. The van der Waals surface area contributed by atoms with Crippen molar-refractivity contribution in [3.63, 3.8) is 0 Å². The summed E-state index contributed by atoms with van der Waals surface area (Å²) in [6.45, 7) is 5.38. The number of aromatic nitrogens is 2. The average molecular weight is 406 g/mol. The highest BCUT2D eigenvalue weighted by Crippen LogP contribution is 2.34. The van der Waals surface area contributed by atoms with Crippen molar-refractivity contribution < 1.29 is 4.74 Å². The summed E-state index contributed by atoms with van der Waals surface area (Å²) in [6.07, 6.45) is 3.56. The first-order valence-corrected chi connectivity index (χ1v) is 10.1. The molecular formula is C22H20ClN5O. The van der Waals surface area contributed by atoms with Gasteiger partial charge in [0.15, 0.2) is 0 Å². The summed E-state index contributed by atoms with van der Waals surface area (Å²) in [5, 5.41) is 10.9. The minimum absolute atomic E-state index is 0.243. The lowest BCUT2D eigenvalue weighted by atomic mass is 10.0. The first-order valence-electron chi connectivity index (χ1n) is 9.70. The molecule has 2 aliphatic heterocycles. The molecule has 2 aliphatic rings. The zero-order valence-corrected chi connectivity index (χ0v) is 16.8. The van der Waals surface area contributed by atoms with Crippen molar-refractivity contribution in [3.05, 3.63) is 59.0 Å². The molecule has 0 amide bonds. The Morgan fingerprint density at radius 2 is 2.14 bits per heavy atom. The molecule has 3 aromatic rings. The van der Waals surface area contributed by atoms with Gasteiger partial charge in [-0.15, -0.1) is 0 Å². The van der Waals surface area contributed by atoms with Crippen molar-refractivity contribution in [1.29, 1.82) is 5.26 Å². The first kappa shape index (κ1) is 18.2. The smallest absolute Gasteiger partial charge is 0.132 e. The number of piperazine rings is 1. The Morgan fingerprint density at radius 1 is 1.24 bits per heavy atom. The van der Waals surface area contributed by atoms with E-state index in [-0.39, 0.29) is 6.04 Å². The van der Waals surface area contributed by atoms with Crippen LogP contribution in [0.4, 0.5) is 5.69 Å². The third-order valence-electron chi connectivity index (χ3n) is 5.85. The number of benzene rings is 1. The number of nitriles is 1. The predicted octanol–water partition coefficient (Wildman–Crippen LogP) is 3.63. The van der Waals surface area contributed by atoms with E-state index in [2.05, 4.69) is 32.8 Å². The number of pyridine rings is 2. The standard InChI is InChI=1S/C22H20ClN5O/c1-14-10-27(19-5-4-15(8-24)22-18(19)3-2-6-25-22)12-17-13-29-20-7-21(23)26-9-16(20)11-28(14)17/h2-7,9,14,17H,10-13H2,1H3/t14-,17-/m1/s1. The molecule has 0 bridgehead atoms. The number of nitrogens with zero attached hydrogens (tertiary/aromatic N) is 5. The molecule has 2 aromatic heterocycles. The maximum absolute atomic E-state index is 9.43. The highest BCUT2D eigenvalue weighted by Gasteiger charge is 2.35. The summed E-state index contributed by atoms with van der Waals surface area (Å²) >= 11 is 6.05. The monoisotopic (exact) mass is 405 g/mol. The Kier molecular flexibility index (Phi) is 4.50. The third-order valence-corrected chi connectivity index (χ3v) is 6.06. The van der Waals surface area contributed by atoms with Gasteiger partial charge in [0.1, 0.15) is 23.6 Å². The summed E-state index contributed by atoms with van der Waals surface area (Å²) in [7, 11) is 0. The van der Waals surface area contributed by atoms with Crippen LogP contribution in [0.1, 0.15) is 18.1 Å². The molecule has 5 rings (SSSR count). The molecular weight excluding hydrogens is 386 g/mol. The SMILES string of the molecule is C[C@@H]1CN(c2ccc(C#N)c3ncccc23)C[C@@H]2COc3cc(Cl)ncc3CN21. The lowest BCUT2D eigenvalue weighted by Crippen LogP contribution is -2.58. The molecule has 0 spiro atoms. The molecule has 0 radical (unpaired) electrons. The Hall–Kier alpha value is -2.88. The maximum atomic E-state index is 9.43. The van der Waals surface area contributed by atoms with Gasteiger partial charge in [0.25, 0.3) is 0 Å². The van der Waals surface area contributed by atoms with Gasteiger partial charge in [0, 0.05) is 60.8 Å². The van der Waals surface area contributed by atoms with Crippen LogP contribution in [-0.4, -0.2) is 46.6 Å². The number of fused-ring (bicyclic) bond motifs is 3. The molecule has 0 saturated carbocycles. The summed E-state index contributed by atoms with van der Waals surface area (Å²) in [6, 6.07) is 12.5. The van der Waals surface area contributed by atoms with E-state index in [9.17, 15) is 5.26 Å². The van der Waals surface area contributed by atoms with Crippen molar-refractivity contribution in [1.82, 2.24) is 14.9 Å². The molecule has 0 aliphatic carbocycles. The average Bonchev–Trinajstić information content (AvgIpc) is 2.92. The molecule has 0 N–H and O–H groups in total. The molecule has 1 saturated heterocycles. The van der Waals surface area contributed by atoms with Gasteiger partial charge >= 0.3 is 0 Å². The van der Waals surface area contributed by atoms with Gasteiger partial charge in [-0.2, -0.15) is 5.26 Å². The number of ether oxygens (including phenoxy) is 1. The van der Waals surface area contributed by atoms with Crippen LogP contribution in [0.15, 0.2) is 42.7 Å². The van der Waals surface area contributed by atoms with Crippen molar-refractivity contribution in [3.8, 4) is 11.8 Å². The Balaban J connectivity index is 1.48. The normalized spacial score (nSPS) is 21.6. The molecule has 2 atom stereocenters. The number of hydrogen-bond donors (Lipinski definition) is 0. The lowest BCUT2D eigenvalue weighted by molar-refractivity contribution is 0.0891. The number of halogens is 1. The number of hydrogen-bond acceptors (Lipinski definition) is 6. The van der Waals surface area contributed by atoms with Crippen LogP contribution < -0.4 is 9.64 Å². The van der Waals surface area contributed by atoms with E-state index < -0.39 is 0 Å². The molecule has 4 heterocycles. The van der Waals surface area contributed by atoms with Crippen molar-refractivity contribution in [2.75, 3.05) is 24.6 Å². The zero-order valence-electron chi connectivity index (χ0n) is 16.0. The second-order valence-electron chi connectivity index (χ2n) is 7.65. The van der Waals surface area contributed by atoms with Gasteiger partial charge in [-0.3, -0.25) is 9.88 Å². The number of rotatable bonds is 1. The fraction of sp³-hybridized carbons (Fsp3) is 0.318. The van der Waals surface area contributed by atoms with Gasteiger partial charge in [-0.1, -0.05) is 11.6 Å². The fourth-order valence-corrected chi connectivity index (χ4v) is 4.60. The van der Waals surface area contributed by atoms with E-state index in [1.54, 1.807) is 12.3 Å². The van der Waals surface area contributed by atoms with Gasteiger partial charge in [-0.25, -0.2) is 4.98 Å².